The van der Waals surface area contributed by atoms with Crippen molar-refractivity contribution in [1.29, 1.82) is 0 Å². The molecular formula is C20H17N3O4. The van der Waals surface area contributed by atoms with E-state index in [0.717, 1.165) is 5.56 Å². The van der Waals surface area contributed by atoms with Gasteiger partial charge in [-0.15, -0.1) is 0 Å². The standard InChI is InChI=1S/C20H17N3O4/c24-20(13-10-15-6-2-1-3-7-15)22-21-14-16-11-12-19(27-16)17-8-4-5-9-18(17)23(25)26/h1-9,11-12,14H,10,13H2,(H,22,24)/b21-14-. The number of nitrogens with one attached hydrogen (secondary N) is 1. The van der Waals surface area contributed by atoms with Gasteiger partial charge in [0.05, 0.1) is 16.7 Å². The summed E-state index contributed by atoms with van der Waals surface area (Å²) in [6.45, 7) is 0. The molecule has 1 heterocycles. The summed E-state index contributed by atoms with van der Waals surface area (Å²) < 4.78 is 5.57. The Hall–Kier alpha value is -3.74. The Balaban J connectivity index is 1.58. The van der Waals surface area contributed by atoms with E-state index in [9.17, 15) is 14.9 Å². The predicted octanol–water partition coefficient (Wildman–Crippen LogP) is 3.94. The number of rotatable bonds is 7. The van der Waals surface area contributed by atoms with Crippen LogP contribution in [0.4, 0.5) is 5.69 Å². The molecule has 0 fully saturated rings. The van der Waals surface area contributed by atoms with E-state index in [1.165, 1.54) is 12.3 Å². The topological polar surface area (TPSA) is 97.7 Å². The Labute approximate surface area is 155 Å². The van der Waals surface area contributed by atoms with Crippen LogP contribution in [0.5, 0.6) is 0 Å². The molecule has 7 heteroatoms. The van der Waals surface area contributed by atoms with E-state index >= 15 is 0 Å². The van der Waals surface area contributed by atoms with Crippen LogP contribution in [0.3, 0.4) is 0 Å². The highest BCUT2D eigenvalue weighted by molar-refractivity contribution is 5.81. The van der Waals surface area contributed by atoms with Crippen molar-refractivity contribution >= 4 is 17.8 Å². The summed E-state index contributed by atoms with van der Waals surface area (Å²) in [5, 5.41) is 15.0. The zero-order valence-electron chi connectivity index (χ0n) is 14.4. The lowest BCUT2D eigenvalue weighted by Gasteiger charge is -2.00. The third-order valence-electron chi connectivity index (χ3n) is 3.86. The maximum atomic E-state index is 11.8. The second-order valence-corrected chi connectivity index (χ2v) is 5.76. The van der Waals surface area contributed by atoms with Gasteiger partial charge in [0.25, 0.3) is 5.69 Å². The maximum Gasteiger partial charge on any atom is 0.280 e. The van der Waals surface area contributed by atoms with Crippen LogP contribution in [0.25, 0.3) is 11.3 Å². The van der Waals surface area contributed by atoms with E-state index in [4.69, 9.17) is 4.42 Å². The monoisotopic (exact) mass is 363 g/mol. The number of carbonyl (C=O) groups excluding carboxylic acids is 1. The normalized spacial score (nSPS) is 10.8. The van der Waals surface area contributed by atoms with Crippen LogP contribution in [-0.2, 0) is 11.2 Å². The van der Waals surface area contributed by atoms with Gasteiger partial charge in [0.15, 0.2) is 0 Å². The van der Waals surface area contributed by atoms with Gasteiger partial charge in [-0.05, 0) is 30.2 Å². The number of benzene rings is 2. The molecule has 3 aromatic rings. The fourth-order valence-corrected chi connectivity index (χ4v) is 2.53. The minimum Gasteiger partial charge on any atom is -0.455 e. The lowest BCUT2D eigenvalue weighted by Crippen LogP contribution is -2.17. The van der Waals surface area contributed by atoms with Gasteiger partial charge in [-0.3, -0.25) is 14.9 Å². The Morgan fingerprint density at radius 2 is 1.81 bits per heavy atom. The summed E-state index contributed by atoms with van der Waals surface area (Å²) in [5.74, 6) is 0.534. The van der Waals surface area contributed by atoms with Crippen molar-refractivity contribution in [2.75, 3.05) is 0 Å². The molecular weight excluding hydrogens is 346 g/mol. The lowest BCUT2D eigenvalue weighted by atomic mass is 10.1. The molecule has 27 heavy (non-hydrogen) atoms. The zero-order valence-corrected chi connectivity index (χ0v) is 14.4. The second kappa shape index (κ2) is 8.57. The average molecular weight is 363 g/mol. The highest BCUT2D eigenvalue weighted by Crippen LogP contribution is 2.30. The molecule has 0 saturated carbocycles. The van der Waals surface area contributed by atoms with Crippen molar-refractivity contribution in [2.45, 2.75) is 12.8 Å². The van der Waals surface area contributed by atoms with Gasteiger partial charge in [0, 0.05) is 12.5 Å². The number of hydrazone groups is 1. The van der Waals surface area contributed by atoms with Gasteiger partial charge < -0.3 is 4.42 Å². The second-order valence-electron chi connectivity index (χ2n) is 5.76. The number of hydrogen-bond donors (Lipinski definition) is 1. The first-order valence-electron chi connectivity index (χ1n) is 8.33. The Bertz CT molecular complexity index is 964. The van der Waals surface area contributed by atoms with Gasteiger partial charge in [-0.1, -0.05) is 42.5 Å². The molecule has 2 aromatic carbocycles. The number of para-hydroxylation sites is 1. The summed E-state index contributed by atoms with van der Waals surface area (Å²) in [6, 6.07) is 19.3. The molecule has 0 spiro atoms. The number of nitro groups is 1. The number of nitro benzene ring substituents is 1. The summed E-state index contributed by atoms with van der Waals surface area (Å²) in [5.41, 5.74) is 3.87. The third-order valence-corrected chi connectivity index (χ3v) is 3.86. The predicted molar refractivity (Wildman–Crippen MR) is 101 cm³/mol. The number of hydrogen-bond acceptors (Lipinski definition) is 5. The Kier molecular flexibility index (Phi) is 5.73. The largest absolute Gasteiger partial charge is 0.455 e. The van der Waals surface area contributed by atoms with Crippen molar-refractivity contribution in [3.8, 4) is 11.3 Å². The van der Waals surface area contributed by atoms with Gasteiger partial charge in [0.2, 0.25) is 5.91 Å². The molecule has 3 rings (SSSR count). The summed E-state index contributed by atoms with van der Waals surface area (Å²) in [4.78, 5) is 22.5. The van der Waals surface area contributed by atoms with E-state index < -0.39 is 4.92 Å². The first-order chi connectivity index (χ1) is 13.1. The van der Waals surface area contributed by atoms with Gasteiger partial charge in [-0.2, -0.15) is 5.10 Å². The fraction of sp³-hybridized carbons (Fsp3) is 0.100. The van der Waals surface area contributed by atoms with Gasteiger partial charge >= 0.3 is 0 Å². The molecule has 0 aliphatic heterocycles. The van der Waals surface area contributed by atoms with Crippen molar-refractivity contribution in [1.82, 2.24) is 5.43 Å². The number of nitrogens with zero attached hydrogens (tertiary/aromatic N) is 2. The van der Waals surface area contributed by atoms with Crippen LogP contribution in [-0.4, -0.2) is 17.0 Å². The lowest BCUT2D eigenvalue weighted by molar-refractivity contribution is -0.384. The number of furan rings is 1. The summed E-state index contributed by atoms with van der Waals surface area (Å²) in [7, 11) is 0. The van der Waals surface area contributed by atoms with Crippen LogP contribution < -0.4 is 5.43 Å². The smallest absolute Gasteiger partial charge is 0.280 e. The molecule has 1 amide bonds. The zero-order chi connectivity index (χ0) is 19.1. The first-order valence-corrected chi connectivity index (χ1v) is 8.33. The van der Waals surface area contributed by atoms with Crippen LogP contribution in [0.1, 0.15) is 17.7 Å². The molecule has 0 aliphatic carbocycles. The maximum absolute atomic E-state index is 11.8. The Morgan fingerprint density at radius 3 is 2.59 bits per heavy atom. The molecule has 0 bridgehead atoms. The van der Waals surface area contributed by atoms with E-state index in [1.54, 1.807) is 30.3 Å². The van der Waals surface area contributed by atoms with Crippen LogP contribution in [0, 0.1) is 10.1 Å². The minimum absolute atomic E-state index is 0.0375. The van der Waals surface area contributed by atoms with Crippen molar-refractivity contribution in [3.05, 3.63) is 88.2 Å². The van der Waals surface area contributed by atoms with E-state index in [0.29, 0.717) is 29.9 Å². The van der Waals surface area contributed by atoms with Crippen LogP contribution in [0.2, 0.25) is 0 Å². The summed E-state index contributed by atoms with van der Waals surface area (Å²) >= 11 is 0. The van der Waals surface area contributed by atoms with E-state index in [1.807, 2.05) is 30.3 Å². The third kappa shape index (κ3) is 4.88. The molecule has 1 aromatic heterocycles. The van der Waals surface area contributed by atoms with Gasteiger partial charge in [-0.25, -0.2) is 5.43 Å². The van der Waals surface area contributed by atoms with Gasteiger partial charge in [0.1, 0.15) is 11.5 Å². The molecule has 0 atom stereocenters. The average Bonchev–Trinajstić information content (AvgIpc) is 3.16. The van der Waals surface area contributed by atoms with Crippen molar-refractivity contribution in [2.24, 2.45) is 5.10 Å². The summed E-state index contributed by atoms with van der Waals surface area (Å²) in [6.07, 6.45) is 2.31. The number of aryl methyl sites for hydroxylation is 1. The highest BCUT2D eigenvalue weighted by atomic mass is 16.6. The van der Waals surface area contributed by atoms with E-state index in [-0.39, 0.29) is 11.6 Å². The molecule has 0 saturated heterocycles. The molecule has 0 unspecified atom stereocenters. The molecule has 7 nitrogen and oxygen atoms in total. The first kappa shape index (κ1) is 18.1. The molecule has 136 valence electrons. The molecule has 1 N–H and O–H groups in total. The Morgan fingerprint density at radius 1 is 1.07 bits per heavy atom. The highest BCUT2D eigenvalue weighted by Gasteiger charge is 2.16. The van der Waals surface area contributed by atoms with Crippen LogP contribution in [0.15, 0.2) is 76.2 Å². The quantitative estimate of drug-likeness (QED) is 0.390. The molecule has 0 radical (unpaired) electrons. The molecule has 0 aliphatic rings. The minimum atomic E-state index is -0.460. The van der Waals surface area contributed by atoms with Crippen molar-refractivity contribution in [3.63, 3.8) is 0 Å². The van der Waals surface area contributed by atoms with Crippen LogP contribution >= 0.6 is 0 Å². The van der Waals surface area contributed by atoms with Crippen molar-refractivity contribution < 1.29 is 14.1 Å². The fourth-order valence-electron chi connectivity index (χ4n) is 2.53. The number of carbonyl (C=O) groups is 1. The van der Waals surface area contributed by atoms with E-state index in [2.05, 4.69) is 10.5 Å². The number of amides is 1. The SMILES string of the molecule is O=C(CCc1ccccc1)N/N=C\c1ccc(-c2ccccc2[N+](=O)[O-])o1.